The molecule has 3 aromatic rings. The summed E-state index contributed by atoms with van der Waals surface area (Å²) in [6.45, 7) is 3.38. The van der Waals surface area contributed by atoms with Crippen LogP contribution in [0.2, 0.25) is 5.02 Å². The van der Waals surface area contributed by atoms with Crippen LogP contribution in [-0.4, -0.2) is 24.7 Å². The number of alkyl halides is 3. The number of benzene rings is 2. The highest BCUT2D eigenvalue weighted by Gasteiger charge is 2.31. The normalized spacial score (nSPS) is 11.6. The minimum Gasteiger partial charge on any atom is -0.380 e. The van der Waals surface area contributed by atoms with Crippen molar-refractivity contribution in [3.63, 3.8) is 0 Å². The second-order valence-corrected chi connectivity index (χ2v) is 7.61. The van der Waals surface area contributed by atoms with E-state index in [9.17, 15) is 13.2 Å². The standard InChI is InChI=1S/C21H20ClF3N2OS/c1-2-10-28-11-9-27(18-8-4-6-16(13-18)21(23,24)25)20-26-19(14-29-20)15-5-3-7-17(22)12-15/h3-8,12-14H,2,9-11H2,1H3. The summed E-state index contributed by atoms with van der Waals surface area (Å²) in [4.78, 5) is 6.39. The summed E-state index contributed by atoms with van der Waals surface area (Å²) in [5, 5.41) is 3.06. The minimum atomic E-state index is -4.41. The number of anilines is 2. The van der Waals surface area contributed by atoms with Gasteiger partial charge in [0, 0.05) is 34.8 Å². The third kappa shape index (κ3) is 5.72. The molecule has 2 aromatic carbocycles. The van der Waals surface area contributed by atoms with Crippen molar-refractivity contribution >= 4 is 33.8 Å². The highest BCUT2D eigenvalue weighted by Crippen LogP contribution is 2.36. The van der Waals surface area contributed by atoms with E-state index in [0.717, 1.165) is 29.8 Å². The van der Waals surface area contributed by atoms with Gasteiger partial charge in [0.05, 0.1) is 17.9 Å². The summed E-state index contributed by atoms with van der Waals surface area (Å²) in [5.74, 6) is 0. The van der Waals surface area contributed by atoms with E-state index in [2.05, 4.69) is 4.98 Å². The number of hydrogen-bond acceptors (Lipinski definition) is 4. The molecule has 29 heavy (non-hydrogen) atoms. The van der Waals surface area contributed by atoms with Crippen LogP contribution in [-0.2, 0) is 10.9 Å². The number of halogens is 4. The van der Waals surface area contributed by atoms with Gasteiger partial charge in [-0.15, -0.1) is 11.3 Å². The Morgan fingerprint density at radius 3 is 2.62 bits per heavy atom. The predicted octanol–water partition coefficient (Wildman–Crippen LogP) is 7.05. The number of nitrogens with zero attached hydrogens (tertiary/aromatic N) is 2. The molecule has 0 aliphatic carbocycles. The van der Waals surface area contributed by atoms with Crippen molar-refractivity contribution in [1.29, 1.82) is 0 Å². The van der Waals surface area contributed by atoms with Crippen LogP contribution < -0.4 is 4.90 Å². The lowest BCUT2D eigenvalue weighted by molar-refractivity contribution is -0.137. The molecule has 1 aromatic heterocycles. The van der Waals surface area contributed by atoms with Crippen LogP contribution in [0, 0.1) is 0 Å². The highest BCUT2D eigenvalue weighted by atomic mass is 35.5. The number of ether oxygens (including phenoxy) is 1. The Morgan fingerprint density at radius 2 is 1.90 bits per heavy atom. The molecule has 0 fully saturated rings. The SMILES string of the molecule is CCCOCCN(c1cccc(C(F)(F)F)c1)c1nc(-c2cccc(Cl)c2)cs1. The topological polar surface area (TPSA) is 25.4 Å². The fourth-order valence-electron chi connectivity index (χ4n) is 2.76. The van der Waals surface area contributed by atoms with E-state index in [1.165, 1.54) is 17.4 Å². The van der Waals surface area contributed by atoms with E-state index in [1.54, 1.807) is 23.1 Å². The van der Waals surface area contributed by atoms with Crippen LogP contribution in [0.1, 0.15) is 18.9 Å². The molecule has 154 valence electrons. The molecule has 0 radical (unpaired) electrons. The van der Waals surface area contributed by atoms with Gasteiger partial charge in [0.15, 0.2) is 5.13 Å². The Balaban J connectivity index is 1.92. The van der Waals surface area contributed by atoms with Gasteiger partial charge in [0.2, 0.25) is 0 Å². The fraction of sp³-hybridized carbons (Fsp3) is 0.286. The summed E-state index contributed by atoms with van der Waals surface area (Å²) in [6, 6.07) is 12.6. The molecule has 0 aliphatic heterocycles. The molecule has 0 saturated carbocycles. The molecule has 3 nitrogen and oxygen atoms in total. The first kappa shape index (κ1) is 21.6. The average Bonchev–Trinajstić information content (AvgIpc) is 3.17. The summed E-state index contributed by atoms with van der Waals surface area (Å²) in [5.41, 5.74) is 1.30. The lowest BCUT2D eigenvalue weighted by atomic mass is 10.2. The summed E-state index contributed by atoms with van der Waals surface area (Å²) >= 11 is 7.43. The van der Waals surface area contributed by atoms with Crippen LogP contribution in [0.25, 0.3) is 11.3 Å². The van der Waals surface area contributed by atoms with Crippen molar-refractivity contribution in [3.8, 4) is 11.3 Å². The van der Waals surface area contributed by atoms with Crippen molar-refractivity contribution in [2.24, 2.45) is 0 Å². The van der Waals surface area contributed by atoms with Crippen LogP contribution in [0.4, 0.5) is 24.0 Å². The van der Waals surface area contributed by atoms with Crippen molar-refractivity contribution in [2.75, 3.05) is 24.7 Å². The summed E-state index contributed by atoms with van der Waals surface area (Å²) in [6.07, 6.45) is -3.53. The molecule has 0 bridgehead atoms. The largest absolute Gasteiger partial charge is 0.416 e. The molecule has 0 spiro atoms. The lowest BCUT2D eigenvalue weighted by Crippen LogP contribution is -2.23. The van der Waals surface area contributed by atoms with Gasteiger partial charge in [-0.2, -0.15) is 13.2 Å². The molecule has 0 amide bonds. The zero-order valence-corrected chi connectivity index (χ0v) is 17.3. The van der Waals surface area contributed by atoms with Crippen molar-refractivity contribution in [2.45, 2.75) is 19.5 Å². The Bertz CT molecular complexity index is 945. The van der Waals surface area contributed by atoms with Gasteiger partial charge in [0.25, 0.3) is 0 Å². The van der Waals surface area contributed by atoms with E-state index in [1.807, 2.05) is 24.4 Å². The van der Waals surface area contributed by atoms with Crippen molar-refractivity contribution in [1.82, 2.24) is 4.98 Å². The Labute approximate surface area is 176 Å². The maximum Gasteiger partial charge on any atom is 0.416 e. The van der Waals surface area contributed by atoms with Gasteiger partial charge >= 0.3 is 6.18 Å². The Hall–Kier alpha value is -2.09. The smallest absolute Gasteiger partial charge is 0.380 e. The minimum absolute atomic E-state index is 0.385. The zero-order chi connectivity index (χ0) is 20.9. The number of aromatic nitrogens is 1. The maximum absolute atomic E-state index is 13.2. The first-order valence-electron chi connectivity index (χ1n) is 9.12. The van der Waals surface area contributed by atoms with Gasteiger partial charge in [-0.05, 0) is 36.8 Å². The molecule has 1 heterocycles. The third-order valence-corrected chi connectivity index (χ3v) is 5.23. The molecule has 0 saturated heterocycles. The van der Waals surface area contributed by atoms with Crippen LogP contribution in [0.3, 0.4) is 0 Å². The van der Waals surface area contributed by atoms with E-state index < -0.39 is 11.7 Å². The lowest BCUT2D eigenvalue weighted by Gasteiger charge is -2.23. The molecule has 3 rings (SSSR count). The van der Waals surface area contributed by atoms with E-state index in [-0.39, 0.29) is 0 Å². The number of thiazole rings is 1. The number of hydrogen-bond donors (Lipinski definition) is 0. The van der Waals surface area contributed by atoms with Gasteiger partial charge in [-0.3, -0.25) is 0 Å². The van der Waals surface area contributed by atoms with E-state index >= 15 is 0 Å². The van der Waals surface area contributed by atoms with E-state index in [4.69, 9.17) is 16.3 Å². The fourth-order valence-corrected chi connectivity index (χ4v) is 3.83. The molecule has 0 atom stereocenters. The summed E-state index contributed by atoms with van der Waals surface area (Å²) in [7, 11) is 0. The molecule has 8 heteroatoms. The van der Waals surface area contributed by atoms with Gasteiger partial charge in [0.1, 0.15) is 0 Å². The van der Waals surface area contributed by atoms with Gasteiger partial charge in [-0.25, -0.2) is 4.98 Å². The van der Waals surface area contributed by atoms with Gasteiger partial charge in [-0.1, -0.05) is 36.7 Å². The molecule has 0 unspecified atom stereocenters. The summed E-state index contributed by atoms with van der Waals surface area (Å²) < 4.78 is 45.1. The molecule has 0 aliphatic rings. The molecular formula is C21H20ClF3N2OS. The number of rotatable bonds is 8. The van der Waals surface area contributed by atoms with Gasteiger partial charge < -0.3 is 9.64 Å². The molecule has 0 N–H and O–H groups in total. The van der Waals surface area contributed by atoms with Crippen molar-refractivity contribution in [3.05, 3.63) is 64.5 Å². The van der Waals surface area contributed by atoms with Crippen LogP contribution in [0.5, 0.6) is 0 Å². The first-order valence-corrected chi connectivity index (χ1v) is 10.4. The molecular weight excluding hydrogens is 421 g/mol. The maximum atomic E-state index is 13.2. The van der Waals surface area contributed by atoms with Crippen LogP contribution in [0.15, 0.2) is 53.9 Å². The first-order chi connectivity index (χ1) is 13.9. The predicted molar refractivity (Wildman–Crippen MR) is 112 cm³/mol. The Kier molecular flexibility index (Phi) is 7.16. The monoisotopic (exact) mass is 440 g/mol. The van der Waals surface area contributed by atoms with Crippen molar-refractivity contribution < 1.29 is 17.9 Å². The zero-order valence-electron chi connectivity index (χ0n) is 15.7. The second kappa shape index (κ2) is 9.61. The third-order valence-electron chi connectivity index (χ3n) is 4.14. The average molecular weight is 441 g/mol. The Morgan fingerprint density at radius 1 is 1.10 bits per heavy atom. The quantitative estimate of drug-likeness (QED) is 0.351. The second-order valence-electron chi connectivity index (χ2n) is 6.34. The highest BCUT2D eigenvalue weighted by molar-refractivity contribution is 7.14. The van der Waals surface area contributed by atoms with E-state index in [0.29, 0.717) is 35.6 Å². The van der Waals surface area contributed by atoms with Crippen LogP contribution >= 0.6 is 22.9 Å².